The minimum absolute atomic E-state index is 0.325. The van der Waals surface area contributed by atoms with Crippen LogP contribution in [0.1, 0.15) is 79.1 Å². The van der Waals surface area contributed by atoms with Crippen LogP contribution in [0, 0.1) is 0 Å². The Morgan fingerprint density at radius 2 is 1.22 bits per heavy atom. The van der Waals surface area contributed by atoms with Gasteiger partial charge in [0.15, 0.2) is 0 Å². The molecule has 0 aromatic carbocycles. The van der Waals surface area contributed by atoms with Gasteiger partial charge in [0.1, 0.15) is 10.9 Å². The summed E-state index contributed by atoms with van der Waals surface area (Å²) in [7, 11) is -3.97. The van der Waals surface area contributed by atoms with Gasteiger partial charge in [-0.15, -0.1) is 23.5 Å². The number of hydrogen-bond acceptors (Lipinski definition) is 5. The minimum Gasteiger partial charge on any atom is -0.302 e. The zero-order chi connectivity index (χ0) is 17.6. The molecule has 0 rings (SSSR count). The average molecular weight is 387 g/mol. The highest BCUT2D eigenvalue weighted by Gasteiger charge is 2.27. The molecule has 2 atom stereocenters. The summed E-state index contributed by atoms with van der Waals surface area (Å²) in [6, 6.07) is 0. The van der Waals surface area contributed by atoms with Crippen LogP contribution >= 0.6 is 31.3 Å². The highest BCUT2D eigenvalue weighted by atomic mass is 32.2. The Labute approximate surface area is 151 Å². The Morgan fingerprint density at radius 3 is 1.57 bits per heavy atom. The van der Waals surface area contributed by atoms with Crippen molar-refractivity contribution in [2.45, 2.75) is 89.9 Å². The standard InChI is InChI=1S/C16H35O4PS2/c1-5-7-9-11-13-22-15(3)19-21(17,18)20-16(4)23-14-12-10-8-6-2/h15-16H,5-14H2,1-4H3,(H,17,18). The SMILES string of the molecule is CCCCCCSC(C)OP(=O)(O)OC(C)SCCCCCC. The van der Waals surface area contributed by atoms with Crippen molar-refractivity contribution in [2.24, 2.45) is 0 Å². The second kappa shape index (κ2) is 15.1. The summed E-state index contributed by atoms with van der Waals surface area (Å²) in [5.41, 5.74) is -0.650. The number of phosphoric acid groups is 1. The Kier molecular flexibility index (Phi) is 15.6. The first-order valence-electron chi connectivity index (χ1n) is 8.84. The minimum atomic E-state index is -3.97. The van der Waals surface area contributed by atoms with Gasteiger partial charge in [-0.2, -0.15) is 0 Å². The number of unbranched alkanes of at least 4 members (excludes halogenated alkanes) is 6. The Balaban J connectivity index is 3.81. The molecule has 7 heteroatoms. The summed E-state index contributed by atoms with van der Waals surface area (Å²) in [6.45, 7) is 7.97. The molecule has 1 N–H and O–H groups in total. The number of thioether (sulfide) groups is 2. The van der Waals surface area contributed by atoms with Gasteiger partial charge in [0.2, 0.25) is 0 Å². The normalized spacial score (nSPS) is 16.9. The van der Waals surface area contributed by atoms with Crippen molar-refractivity contribution in [3.63, 3.8) is 0 Å². The van der Waals surface area contributed by atoms with Gasteiger partial charge < -0.3 is 4.89 Å². The predicted molar refractivity (Wildman–Crippen MR) is 104 cm³/mol. The summed E-state index contributed by atoms with van der Waals surface area (Å²) in [5, 5.41) is 0. The summed E-state index contributed by atoms with van der Waals surface area (Å²) in [5.74, 6) is 1.89. The summed E-state index contributed by atoms with van der Waals surface area (Å²) < 4.78 is 22.4. The van der Waals surface area contributed by atoms with E-state index in [0.29, 0.717) is 0 Å². The molecule has 0 aliphatic rings. The third-order valence-corrected chi connectivity index (χ3v) is 6.89. The molecule has 0 amide bonds. The zero-order valence-corrected chi connectivity index (χ0v) is 17.7. The molecule has 0 saturated carbocycles. The van der Waals surface area contributed by atoms with E-state index in [0.717, 1.165) is 24.3 Å². The van der Waals surface area contributed by atoms with Crippen molar-refractivity contribution < 1.29 is 18.5 Å². The number of hydrogen-bond donors (Lipinski definition) is 1. The fraction of sp³-hybridized carbons (Fsp3) is 1.00. The second-order valence-corrected chi connectivity index (χ2v) is 9.85. The maximum atomic E-state index is 12.0. The molecule has 0 saturated heterocycles. The fourth-order valence-electron chi connectivity index (χ4n) is 2.02. The van der Waals surface area contributed by atoms with E-state index in [9.17, 15) is 9.46 Å². The van der Waals surface area contributed by atoms with Gasteiger partial charge in [-0.05, 0) is 38.2 Å². The average Bonchev–Trinajstić information content (AvgIpc) is 2.45. The zero-order valence-electron chi connectivity index (χ0n) is 15.2. The lowest BCUT2D eigenvalue weighted by Crippen LogP contribution is -2.09. The van der Waals surface area contributed by atoms with Crippen LogP contribution in [-0.4, -0.2) is 27.3 Å². The van der Waals surface area contributed by atoms with E-state index in [4.69, 9.17) is 9.05 Å². The van der Waals surface area contributed by atoms with E-state index in [-0.39, 0.29) is 10.9 Å². The topological polar surface area (TPSA) is 55.8 Å². The molecule has 0 heterocycles. The lowest BCUT2D eigenvalue weighted by atomic mass is 10.2. The number of rotatable bonds is 16. The molecule has 4 nitrogen and oxygen atoms in total. The van der Waals surface area contributed by atoms with Gasteiger partial charge in [0, 0.05) is 0 Å². The molecule has 0 radical (unpaired) electrons. The van der Waals surface area contributed by atoms with Crippen LogP contribution in [0.5, 0.6) is 0 Å². The van der Waals surface area contributed by atoms with Crippen LogP contribution in [0.15, 0.2) is 0 Å². The van der Waals surface area contributed by atoms with E-state index in [1.54, 1.807) is 37.4 Å². The molecular weight excluding hydrogens is 351 g/mol. The smallest absolute Gasteiger partial charge is 0.302 e. The molecule has 140 valence electrons. The van der Waals surface area contributed by atoms with Gasteiger partial charge in [0.05, 0.1) is 0 Å². The first kappa shape index (κ1) is 23.8. The van der Waals surface area contributed by atoms with E-state index < -0.39 is 7.82 Å². The van der Waals surface area contributed by atoms with Gasteiger partial charge >= 0.3 is 7.82 Å². The molecule has 0 fully saturated rings. The lowest BCUT2D eigenvalue weighted by molar-refractivity contribution is 0.140. The molecule has 2 unspecified atom stereocenters. The lowest BCUT2D eigenvalue weighted by Gasteiger charge is -2.20. The van der Waals surface area contributed by atoms with Crippen LogP contribution < -0.4 is 0 Å². The molecule has 0 aliphatic heterocycles. The van der Waals surface area contributed by atoms with Gasteiger partial charge in [0.25, 0.3) is 0 Å². The molecular formula is C16H35O4PS2. The summed E-state index contributed by atoms with van der Waals surface area (Å²) in [4.78, 5) is 9.82. The van der Waals surface area contributed by atoms with Gasteiger partial charge in [-0.25, -0.2) is 4.57 Å². The van der Waals surface area contributed by atoms with Crippen LogP contribution in [-0.2, 0) is 13.6 Å². The molecule has 0 bridgehead atoms. The Morgan fingerprint density at radius 1 is 0.826 bits per heavy atom. The third-order valence-electron chi connectivity index (χ3n) is 3.26. The van der Waals surface area contributed by atoms with E-state index in [1.807, 2.05) is 0 Å². The maximum Gasteiger partial charge on any atom is 0.474 e. The van der Waals surface area contributed by atoms with Crippen molar-refractivity contribution in [3.05, 3.63) is 0 Å². The second-order valence-electron chi connectivity index (χ2n) is 5.68. The molecule has 0 aromatic heterocycles. The first-order valence-corrected chi connectivity index (χ1v) is 12.4. The van der Waals surface area contributed by atoms with E-state index in [1.165, 1.54) is 38.5 Å². The fourth-order valence-corrected chi connectivity index (χ4v) is 5.36. The van der Waals surface area contributed by atoms with Crippen molar-refractivity contribution in [1.82, 2.24) is 0 Å². The van der Waals surface area contributed by atoms with E-state index >= 15 is 0 Å². The molecule has 0 aliphatic carbocycles. The van der Waals surface area contributed by atoms with Crippen molar-refractivity contribution in [1.29, 1.82) is 0 Å². The maximum absolute atomic E-state index is 12.0. The van der Waals surface area contributed by atoms with Gasteiger partial charge in [-0.1, -0.05) is 52.4 Å². The monoisotopic (exact) mass is 386 g/mol. The third kappa shape index (κ3) is 16.0. The largest absolute Gasteiger partial charge is 0.474 e. The Bertz CT molecular complexity index is 292. The highest BCUT2D eigenvalue weighted by Crippen LogP contribution is 2.48. The van der Waals surface area contributed by atoms with Gasteiger partial charge in [-0.3, -0.25) is 9.05 Å². The summed E-state index contributed by atoms with van der Waals surface area (Å²) in [6.07, 6.45) is 9.55. The summed E-state index contributed by atoms with van der Waals surface area (Å²) >= 11 is 3.13. The highest BCUT2D eigenvalue weighted by molar-refractivity contribution is 8.00. The van der Waals surface area contributed by atoms with Crippen LogP contribution in [0.3, 0.4) is 0 Å². The molecule has 0 spiro atoms. The van der Waals surface area contributed by atoms with E-state index in [2.05, 4.69) is 13.8 Å². The first-order chi connectivity index (χ1) is 10.9. The van der Waals surface area contributed by atoms with Crippen LogP contribution in [0.2, 0.25) is 0 Å². The van der Waals surface area contributed by atoms with Crippen LogP contribution in [0.25, 0.3) is 0 Å². The van der Waals surface area contributed by atoms with Crippen molar-refractivity contribution in [2.75, 3.05) is 11.5 Å². The van der Waals surface area contributed by atoms with Crippen molar-refractivity contribution >= 4 is 31.3 Å². The Hall–Kier alpha value is 0.810. The molecule has 0 aromatic rings. The number of phosphoric ester groups is 1. The quantitative estimate of drug-likeness (QED) is 0.187. The van der Waals surface area contributed by atoms with Crippen LogP contribution in [0.4, 0.5) is 0 Å². The van der Waals surface area contributed by atoms with Crippen molar-refractivity contribution in [3.8, 4) is 0 Å². The molecule has 23 heavy (non-hydrogen) atoms. The predicted octanol–water partition coefficient (Wildman–Crippen LogP) is 6.44.